The van der Waals surface area contributed by atoms with Gasteiger partial charge in [0.25, 0.3) is 0 Å². The molecule has 6 nitrogen and oxygen atoms in total. The Balaban J connectivity index is 2.88. The predicted molar refractivity (Wildman–Crippen MR) is 64.5 cm³/mol. The summed E-state index contributed by atoms with van der Waals surface area (Å²) in [7, 11) is 1.29. The van der Waals surface area contributed by atoms with Crippen LogP contribution in [0.15, 0.2) is 18.2 Å². The van der Waals surface area contributed by atoms with Crippen LogP contribution in [-0.2, 0) is 9.53 Å². The minimum absolute atomic E-state index is 0.162. The minimum Gasteiger partial charge on any atom is -0.465 e. The molecule has 0 atom stereocenters. The van der Waals surface area contributed by atoms with Crippen LogP contribution < -0.4 is 16.8 Å². The Morgan fingerprint density at radius 3 is 2.71 bits per heavy atom. The average molecular weight is 237 g/mol. The number of carbonyl (C=O) groups is 2. The number of nitrogens with two attached hydrogens (primary N) is 2. The summed E-state index contributed by atoms with van der Waals surface area (Å²) in [6.45, 7) is 0.313. The molecule has 0 heterocycles. The van der Waals surface area contributed by atoms with Crippen LogP contribution in [0.2, 0.25) is 0 Å². The highest BCUT2D eigenvalue weighted by Crippen LogP contribution is 2.23. The number of para-hydroxylation sites is 1. The lowest BCUT2D eigenvalue weighted by molar-refractivity contribution is -0.117. The molecule has 0 aromatic heterocycles. The molecule has 1 amide bonds. The summed E-state index contributed by atoms with van der Waals surface area (Å²) in [6.07, 6.45) is 0.162. The van der Waals surface area contributed by atoms with Gasteiger partial charge in [0.1, 0.15) is 0 Å². The molecule has 0 aliphatic carbocycles. The van der Waals surface area contributed by atoms with Crippen LogP contribution in [0.5, 0.6) is 0 Å². The van der Waals surface area contributed by atoms with E-state index in [2.05, 4.69) is 10.1 Å². The van der Waals surface area contributed by atoms with E-state index < -0.39 is 11.9 Å². The van der Waals surface area contributed by atoms with Crippen molar-refractivity contribution < 1.29 is 14.3 Å². The first kappa shape index (κ1) is 12.8. The van der Waals surface area contributed by atoms with E-state index in [9.17, 15) is 9.59 Å². The van der Waals surface area contributed by atoms with Crippen molar-refractivity contribution in [3.8, 4) is 0 Å². The molecule has 5 N–H and O–H groups in total. The SMILES string of the molecule is COC(=O)c1cccc(N)c1NCCC(N)=O. The third kappa shape index (κ3) is 3.37. The van der Waals surface area contributed by atoms with Gasteiger partial charge in [0, 0.05) is 13.0 Å². The smallest absolute Gasteiger partial charge is 0.340 e. The molecule has 0 fully saturated rings. The standard InChI is InChI=1S/C11H15N3O3/c1-17-11(16)7-3-2-4-8(12)10(7)14-6-5-9(13)15/h2-4,14H,5-6,12H2,1H3,(H2,13,15). The van der Waals surface area contributed by atoms with E-state index in [1.165, 1.54) is 7.11 Å². The summed E-state index contributed by atoms with van der Waals surface area (Å²) in [5.74, 6) is -0.912. The molecule has 92 valence electrons. The second-order valence-corrected chi connectivity index (χ2v) is 3.40. The largest absolute Gasteiger partial charge is 0.465 e. The van der Waals surface area contributed by atoms with E-state index >= 15 is 0 Å². The fourth-order valence-electron chi connectivity index (χ4n) is 1.36. The second kappa shape index (κ2) is 5.74. The van der Waals surface area contributed by atoms with Gasteiger partial charge in [-0.25, -0.2) is 4.79 Å². The first-order chi connectivity index (χ1) is 8.06. The molecule has 0 aliphatic rings. The number of hydrogen-bond acceptors (Lipinski definition) is 5. The Morgan fingerprint density at radius 2 is 2.12 bits per heavy atom. The van der Waals surface area contributed by atoms with E-state index in [4.69, 9.17) is 11.5 Å². The molecule has 0 radical (unpaired) electrons. The van der Waals surface area contributed by atoms with E-state index in [-0.39, 0.29) is 6.42 Å². The lowest BCUT2D eigenvalue weighted by Crippen LogP contribution is -2.17. The van der Waals surface area contributed by atoms with Crippen molar-refractivity contribution in [2.24, 2.45) is 5.73 Å². The summed E-state index contributed by atoms with van der Waals surface area (Å²) in [5.41, 5.74) is 12.0. The number of rotatable bonds is 5. The number of anilines is 2. The van der Waals surface area contributed by atoms with Crippen LogP contribution in [0.4, 0.5) is 11.4 Å². The van der Waals surface area contributed by atoms with Crippen molar-refractivity contribution in [1.29, 1.82) is 0 Å². The molecule has 6 heteroatoms. The molecule has 0 unspecified atom stereocenters. The Bertz CT molecular complexity index is 432. The highest BCUT2D eigenvalue weighted by atomic mass is 16.5. The number of nitrogen functional groups attached to an aromatic ring is 1. The van der Waals surface area contributed by atoms with Gasteiger partial charge in [-0.05, 0) is 12.1 Å². The van der Waals surface area contributed by atoms with Gasteiger partial charge in [0.05, 0.1) is 24.0 Å². The quantitative estimate of drug-likeness (QED) is 0.505. The number of carbonyl (C=O) groups excluding carboxylic acids is 2. The van der Waals surface area contributed by atoms with Gasteiger partial charge in [-0.3, -0.25) is 4.79 Å². The van der Waals surface area contributed by atoms with Gasteiger partial charge in [-0.1, -0.05) is 6.07 Å². The Labute approximate surface area is 98.9 Å². The van der Waals surface area contributed by atoms with Crippen LogP contribution in [-0.4, -0.2) is 25.5 Å². The molecule has 1 aromatic carbocycles. The molecular formula is C11H15N3O3. The Hall–Kier alpha value is -2.24. The summed E-state index contributed by atoms with van der Waals surface area (Å²) in [5, 5.41) is 2.90. The molecular weight excluding hydrogens is 222 g/mol. The number of hydrogen-bond donors (Lipinski definition) is 3. The molecule has 0 saturated carbocycles. The van der Waals surface area contributed by atoms with Gasteiger partial charge in [-0.15, -0.1) is 0 Å². The number of primary amides is 1. The number of nitrogens with one attached hydrogen (secondary N) is 1. The summed E-state index contributed by atoms with van der Waals surface area (Å²) >= 11 is 0. The van der Waals surface area contributed by atoms with Crippen LogP contribution in [0.1, 0.15) is 16.8 Å². The van der Waals surface area contributed by atoms with Gasteiger partial charge in [-0.2, -0.15) is 0 Å². The van der Waals surface area contributed by atoms with Crippen molar-refractivity contribution in [1.82, 2.24) is 0 Å². The average Bonchev–Trinajstić information content (AvgIpc) is 2.29. The Kier molecular flexibility index (Phi) is 4.33. The van der Waals surface area contributed by atoms with Gasteiger partial charge < -0.3 is 21.5 Å². The van der Waals surface area contributed by atoms with E-state index in [1.54, 1.807) is 18.2 Å². The van der Waals surface area contributed by atoms with Crippen molar-refractivity contribution in [3.63, 3.8) is 0 Å². The van der Waals surface area contributed by atoms with Crippen LogP contribution in [0, 0.1) is 0 Å². The predicted octanol–water partition coefficient (Wildman–Crippen LogP) is 0.343. The molecule has 0 spiro atoms. The third-order valence-corrected chi connectivity index (χ3v) is 2.18. The van der Waals surface area contributed by atoms with Crippen LogP contribution in [0.3, 0.4) is 0 Å². The fraction of sp³-hybridized carbons (Fsp3) is 0.273. The van der Waals surface area contributed by atoms with Gasteiger partial charge in [0.15, 0.2) is 0 Å². The zero-order valence-corrected chi connectivity index (χ0v) is 9.53. The van der Waals surface area contributed by atoms with Crippen molar-refractivity contribution >= 4 is 23.3 Å². The highest BCUT2D eigenvalue weighted by molar-refractivity contribution is 5.98. The number of ether oxygens (including phenoxy) is 1. The zero-order valence-electron chi connectivity index (χ0n) is 9.53. The Morgan fingerprint density at radius 1 is 1.41 bits per heavy atom. The van der Waals surface area contributed by atoms with Crippen molar-refractivity contribution in [3.05, 3.63) is 23.8 Å². The maximum Gasteiger partial charge on any atom is 0.340 e. The number of esters is 1. The maximum absolute atomic E-state index is 11.5. The molecule has 0 aliphatic heterocycles. The lowest BCUT2D eigenvalue weighted by Gasteiger charge is -2.12. The van der Waals surface area contributed by atoms with Crippen LogP contribution >= 0.6 is 0 Å². The summed E-state index contributed by atoms with van der Waals surface area (Å²) < 4.78 is 4.63. The molecule has 0 bridgehead atoms. The fourth-order valence-corrected chi connectivity index (χ4v) is 1.36. The zero-order chi connectivity index (χ0) is 12.8. The first-order valence-corrected chi connectivity index (χ1v) is 5.05. The third-order valence-electron chi connectivity index (χ3n) is 2.18. The minimum atomic E-state index is -0.487. The van der Waals surface area contributed by atoms with Crippen LogP contribution in [0.25, 0.3) is 0 Å². The molecule has 17 heavy (non-hydrogen) atoms. The monoisotopic (exact) mass is 237 g/mol. The van der Waals surface area contributed by atoms with Gasteiger partial charge >= 0.3 is 5.97 Å². The maximum atomic E-state index is 11.5. The molecule has 1 rings (SSSR count). The van der Waals surface area contributed by atoms with E-state index in [0.717, 1.165) is 0 Å². The number of methoxy groups -OCH3 is 1. The van der Waals surface area contributed by atoms with E-state index in [1.807, 2.05) is 0 Å². The summed E-state index contributed by atoms with van der Waals surface area (Å²) in [6, 6.07) is 4.90. The second-order valence-electron chi connectivity index (χ2n) is 3.40. The normalized spacial score (nSPS) is 9.71. The highest BCUT2D eigenvalue weighted by Gasteiger charge is 2.13. The van der Waals surface area contributed by atoms with Crippen molar-refractivity contribution in [2.45, 2.75) is 6.42 Å². The number of amides is 1. The lowest BCUT2D eigenvalue weighted by atomic mass is 10.1. The molecule has 1 aromatic rings. The van der Waals surface area contributed by atoms with E-state index in [0.29, 0.717) is 23.5 Å². The molecule has 0 saturated heterocycles. The van der Waals surface area contributed by atoms with Crippen molar-refractivity contribution in [2.75, 3.05) is 24.7 Å². The first-order valence-electron chi connectivity index (χ1n) is 5.05. The summed E-state index contributed by atoms with van der Waals surface area (Å²) in [4.78, 5) is 22.1. The topological polar surface area (TPSA) is 107 Å². The van der Waals surface area contributed by atoms with Gasteiger partial charge in [0.2, 0.25) is 5.91 Å². The number of benzene rings is 1.